The lowest BCUT2D eigenvalue weighted by Gasteiger charge is -2.11. The predicted molar refractivity (Wildman–Crippen MR) is 79.8 cm³/mol. The van der Waals surface area contributed by atoms with Gasteiger partial charge in [0.1, 0.15) is 5.75 Å². The molecule has 2 aromatic heterocycles. The summed E-state index contributed by atoms with van der Waals surface area (Å²) in [6, 6.07) is 1.83. The molecule has 2 N–H and O–H groups in total. The molecule has 3 rings (SSSR count). The van der Waals surface area contributed by atoms with Crippen molar-refractivity contribution in [3.8, 4) is 17.4 Å². The smallest absolute Gasteiger partial charge is 0.449 e. The zero-order valence-corrected chi connectivity index (χ0v) is 13.0. The summed E-state index contributed by atoms with van der Waals surface area (Å²) < 4.78 is 46.2. The minimum atomic E-state index is -4.98. The molecule has 0 unspecified atom stereocenters. The van der Waals surface area contributed by atoms with Crippen LogP contribution in [0.4, 0.5) is 18.0 Å². The van der Waals surface area contributed by atoms with E-state index in [-0.39, 0.29) is 22.6 Å². The highest BCUT2D eigenvalue weighted by atomic mass is 35.5. The molecule has 0 saturated carbocycles. The highest BCUT2D eigenvalue weighted by Crippen LogP contribution is 2.32. The largest absolute Gasteiger partial charge is 0.573 e. The van der Waals surface area contributed by atoms with E-state index in [1.54, 1.807) is 0 Å². The Kier molecular flexibility index (Phi) is 4.20. The molecule has 3 aromatic rings. The van der Waals surface area contributed by atoms with Crippen molar-refractivity contribution in [3.05, 3.63) is 39.9 Å². The fourth-order valence-corrected chi connectivity index (χ4v) is 2.21. The highest BCUT2D eigenvalue weighted by Gasteiger charge is 2.32. The molecule has 13 heteroatoms. The maximum Gasteiger partial charge on any atom is 0.573 e. The number of benzene rings is 1. The number of hydrogen-bond donors (Lipinski definition) is 2. The van der Waals surface area contributed by atoms with Gasteiger partial charge in [-0.25, -0.2) is 14.5 Å². The molecule has 0 radical (unpaired) electrons. The standard InChI is InChI=1S/C13H6ClF3N4O5/c14-7-2-8-6(1-9(7)26-13(15,16)17)10(22)20-11(19-8)21-4-5(3-18-21)25-12(23)24/h1-4H,(H,23,24)(H,19,20,22). The molecular formula is C13H6ClF3N4O5. The Morgan fingerprint density at radius 1 is 1.35 bits per heavy atom. The van der Waals surface area contributed by atoms with Gasteiger partial charge in [0.15, 0.2) is 5.75 Å². The zero-order valence-electron chi connectivity index (χ0n) is 12.2. The van der Waals surface area contributed by atoms with E-state index < -0.39 is 28.8 Å². The maximum absolute atomic E-state index is 12.4. The van der Waals surface area contributed by atoms with Crippen LogP contribution < -0.4 is 15.0 Å². The van der Waals surface area contributed by atoms with E-state index in [0.29, 0.717) is 0 Å². The third-order valence-corrected chi connectivity index (χ3v) is 3.25. The number of halogens is 4. The Hall–Kier alpha value is -3.28. The first-order chi connectivity index (χ1) is 12.1. The van der Waals surface area contributed by atoms with Gasteiger partial charge in [-0.3, -0.25) is 9.78 Å². The number of carbonyl (C=O) groups is 1. The number of aromatic amines is 1. The van der Waals surface area contributed by atoms with Gasteiger partial charge in [-0.05, 0) is 12.1 Å². The molecule has 0 aliphatic heterocycles. The van der Waals surface area contributed by atoms with Crippen molar-refractivity contribution in [1.29, 1.82) is 0 Å². The Morgan fingerprint density at radius 3 is 2.73 bits per heavy atom. The van der Waals surface area contributed by atoms with Crippen LogP contribution in [0.25, 0.3) is 16.9 Å². The number of hydrogen-bond acceptors (Lipinski definition) is 6. The summed E-state index contributed by atoms with van der Waals surface area (Å²) in [6.07, 6.45) is -4.35. The van der Waals surface area contributed by atoms with Crippen LogP contribution in [-0.4, -0.2) is 37.4 Å². The van der Waals surface area contributed by atoms with E-state index in [9.17, 15) is 22.8 Å². The lowest BCUT2D eigenvalue weighted by atomic mass is 10.2. The van der Waals surface area contributed by atoms with Gasteiger partial charge in [0.25, 0.3) is 5.56 Å². The first-order valence-electron chi connectivity index (χ1n) is 6.57. The third-order valence-electron chi connectivity index (χ3n) is 2.95. The summed E-state index contributed by atoms with van der Waals surface area (Å²) in [4.78, 5) is 28.9. The minimum absolute atomic E-state index is 0.0283. The first kappa shape index (κ1) is 17.5. The van der Waals surface area contributed by atoms with Gasteiger partial charge in [-0.15, -0.1) is 13.2 Å². The molecule has 0 amide bonds. The zero-order chi connectivity index (χ0) is 19.1. The van der Waals surface area contributed by atoms with Crippen LogP contribution in [0.15, 0.2) is 29.3 Å². The van der Waals surface area contributed by atoms with Gasteiger partial charge < -0.3 is 14.6 Å². The Labute approximate surface area is 145 Å². The summed E-state index contributed by atoms with van der Waals surface area (Å²) in [5.74, 6) is -1.02. The van der Waals surface area contributed by atoms with Crippen molar-refractivity contribution in [2.75, 3.05) is 0 Å². The van der Waals surface area contributed by atoms with Gasteiger partial charge in [0.2, 0.25) is 5.95 Å². The van der Waals surface area contributed by atoms with E-state index in [2.05, 4.69) is 24.5 Å². The molecule has 2 heterocycles. The molecule has 26 heavy (non-hydrogen) atoms. The molecular weight excluding hydrogens is 385 g/mol. The van der Waals surface area contributed by atoms with E-state index in [1.807, 2.05) is 0 Å². The van der Waals surface area contributed by atoms with Crippen molar-refractivity contribution in [2.45, 2.75) is 6.36 Å². The van der Waals surface area contributed by atoms with E-state index in [0.717, 1.165) is 29.2 Å². The average Bonchev–Trinajstić information content (AvgIpc) is 2.95. The molecule has 0 aliphatic rings. The Morgan fingerprint density at radius 2 is 2.08 bits per heavy atom. The van der Waals surface area contributed by atoms with Crippen LogP contribution in [0.1, 0.15) is 0 Å². The minimum Gasteiger partial charge on any atom is -0.449 e. The van der Waals surface area contributed by atoms with E-state index >= 15 is 0 Å². The van der Waals surface area contributed by atoms with Crippen LogP contribution in [0, 0.1) is 0 Å². The van der Waals surface area contributed by atoms with Gasteiger partial charge in [-0.1, -0.05) is 11.6 Å². The van der Waals surface area contributed by atoms with Crippen molar-refractivity contribution in [2.24, 2.45) is 0 Å². The van der Waals surface area contributed by atoms with Gasteiger partial charge in [0.05, 0.1) is 28.3 Å². The number of H-pyrrole nitrogens is 1. The fourth-order valence-electron chi connectivity index (χ4n) is 2.02. The first-order valence-corrected chi connectivity index (χ1v) is 6.95. The lowest BCUT2D eigenvalue weighted by molar-refractivity contribution is -0.274. The molecule has 0 aliphatic carbocycles. The second-order valence-electron chi connectivity index (χ2n) is 4.73. The quantitative estimate of drug-likeness (QED) is 0.660. The van der Waals surface area contributed by atoms with Crippen LogP contribution in [-0.2, 0) is 0 Å². The van der Waals surface area contributed by atoms with Gasteiger partial charge in [-0.2, -0.15) is 5.10 Å². The van der Waals surface area contributed by atoms with Crippen LogP contribution in [0.3, 0.4) is 0 Å². The van der Waals surface area contributed by atoms with Gasteiger partial charge >= 0.3 is 12.5 Å². The van der Waals surface area contributed by atoms with Crippen LogP contribution >= 0.6 is 11.6 Å². The monoisotopic (exact) mass is 390 g/mol. The van der Waals surface area contributed by atoms with Crippen molar-refractivity contribution in [3.63, 3.8) is 0 Å². The maximum atomic E-state index is 12.4. The number of carboxylic acid groups (broad SMARTS) is 1. The van der Waals surface area contributed by atoms with Crippen molar-refractivity contribution >= 4 is 28.7 Å². The number of fused-ring (bicyclic) bond motifs is 1. The summed E-state index contributed by atoms with van der Waals surface area (Å²) in [7, 11) is 0. The van der Waals surface area contributed by atoms with E-state index in [4.69, 9.17) is 16.7 Å². The van der Waals surface area contributed by atoms with Gasteiger partial charge in [0, 0.05) is 0 Å². The van der Waals surface area contributed by atoms with Crippen LogP contribution in [0.2, 0.25) is 5.02 Å². The Balaban J connectivity index is 2.05. The second-order valence-corrected chi connectivity index (χ2v) is 5.13. The highest BCUT2D eigenvalue weighted by molar-refractivity contribution is 6.32. The number of alkyl halides is 3. The number of aromatic nitrogens is 4. The molecule has 0 atom stereocenters. The number of rotatable bonds is 3. The summed E-state index contributed by atoms with van der Waals surface area (Å²) in [5, 5.41) is 11.7. The topological polar surface area (TPSA) is 119 Å². The molecule has 9 nitrogen and oxygen atoms in total. The van der Waals surface area contributed by atoms with Crippen LogP contribution in [0.5, 0.6) is 11.5 Å². The molecule has 0 spiro atoms. The lowest BCUT2D eigenvalue weighted by Crippen LogP contribution is -2.18. The van der Waals surface area contributed by atoms with Crippen molar-refractivity contribution in [1.82, 2.24) is 19.7 Å². The normalized spacial score (nSPS) is 11.5. The molecule has 1 aromatic carbocycles. The third kappa shape index (κ3) is 3.69. The number of nitrogens with zero attached hydrogens (tertiary/aromatic N) is 3. The van der Waals surface area contributed by atoms with Crippen molar-refractivity contribution < 1.29 is 32.5 Å². The second kappa shape index (κ2) is 6.22. The molecule has 0 bridgehead atoms. The Bertz CT molecular complexity index is 1060. The number of nitrogens with one attached hydrogen (secondary N) is 1. The summed E-state index contributed by atoms with van der Waals surface area (Å²) >= 11 is 5.74. The fraction of sp³-hybridized carbons (Fsp3) is 0.0769. The predicted octanol–water partition coefficient (Wildman–Crippen LogP) is 2.72. The van der Waals surface area contributed by atoms with E-state index in [1.165, 1.54) is 0 Å². The molecule has 0 fully saturated rings. The average molecular weight is 391 g/mol. The molecule has 136 valence electrons. The summed E-state index contributed by atoms with van der Waals surface area (Å²) in [6.45, 7) is 0. The summed E-state index contributed by atoms with van der Waals surface area (Å²) in [5.41, 5.74) is -0.815. The number of ether oxygens (including phenoxy) is 2. The molecule has 0 saturated heterocycles. The SMILES string of the molecule is O=C(O)Oc1cnn(-c2nc3cc(Cl)c(OC(F)(F)F)cc3c(=O)[nH]2)c1.